The van der Waals surface area contributed by atoms with Crippen LogP contribution in [0.4, 0.5) is 11.6 Å². The fourth-order valence-corrected chi connectivity index (χ4v) is 1.50. The van der Waals surface area contributed by atoms with Crippen LogP contribution in [-0.4, -0.2) is 25.7 Å². The van der Waals surface area contributed by atoms with Gasteiger partial charge in [0.25, 0.3) is 5.91 Å². The minimum absolute atomic E-state index is 0.155. The smallest absolute Gasteiger partial charge is 0.277 e. The molecule has 0 bridgehead atoms. The maximum Gasteiger partial charge on any atom is 0.277 e. The maximum atomic E-state index is 11.9. The first-order valence-corrected chi connectivity index (χ1v) is 5.50. The molecule has 0 saturated heterocycles. The molecule has 0 radical (unpaired) electrons. The Labute approximate surface area is 104 Å². The standard InChI is InChI=1S/C11H14N6O/c1-7(2)17-10(3-4-14-17)16-11(18)8-5-13-6-9(12)15-8/h3-7H,1-2H3,(H2,12,15)(H,16,18). The van der Waals surface area contributed by atoms with E-state index in [4.69, 9.17) is 5.73 Å². The number of nitrogens with two attached hydrogens (primary N) is 1. The Hall–Kier alpha value is -2.44. The van der Waals surface area contributed by atoms with Gasteiger partial charge in [0.15, 0.2) is 0 Å². The number of nitrogens with one attached hydrogen (secondary N) is 1. The van der Waals surface area contributed by atoms with E-state index in [2.05, 4.69) is 20.4 Å². The molecular weight excluding hydrogens is 232 g/mol. The largest absolute Gasteiger partial charge is 0.382 e. The summed E-state index contributed by atoms with van der Waals surface area (Å²) in [5.74, 6) is 0.455. The number of hydrogen-bond acceptors (Lipinski definition) is 5. The van der Waals surface area contributed by atoms with Gasteiger partial charge in [-0.3, -0.25) is 9.78 Å². The van der Waals surface area contributed by atoms with E-state index in [0.717, 1.165) is 0 Å². The zero-order valence-electron chi connectivity index (χ0n) is 10.2. The molecule has 0 spiro atoms. The summed E-state index contributed by atoms with van der Waals surface area (Å²) in [7, 11) is 0. The number of amides is 1. The summed E-state index contributed by atoms with van der Waals surface area (Å²) in [6.07, 6.45) is 4.37. The van der Waals surface area contributed by atoms with Crippen LogP contribution in [0.2, 0.25) is 0 Å². The summed E-state index contributed by atoms with van der Waals surface area (Å²) in [6.45, 7) is 3.95. The van der Waals surface area contributed by atoms with Crippen molar-refractivity contribution in [2.75, 3.05) is 11.1 Å². The molecule has 3 N–H and O–H groups in total. The van der Waals surface area contributed by atoms with Crippen molar-refractivity contribution in [2.24, 2.45) is 0 Å². The molecule has 2 aromatic heterocycles. The Morgan fingerprint density at radius 3 is 2.89 bits per heavy atom. The van der Waals surface area contributed by atoms with Gasteiger partial charge in [0.05, 0.1) is 18.6 Å². The van der Waals surface area contributed by atoms with Crippen molar-refractivity contribution in [3.8, 4) is 0 Å². The second kappa shape index (κ2) is 4.82. The van der Waals surface area contributed by atoms with Crippen molar-refractivity contribution in [2.45, 2.75) is 19.9 Å². The highest BCUT2D eigenvalue weighted by atomic mass is 16.2. The number of nitrogen functional groups attached to an aromatic ring is 1. The first kappa shape index (κ1) is 12.0. The quantitative estimate of drug-likeness (QED) is 0.844. The van der Waals surface area contributed by atoms with Crippen molar-refractivity contribution in [1.29, 1.82) is 0 Å². The Morgan fingerprint density at radius 2 is 2.22 bits per heavy atom. The fourth-order valence-electron chi connectivity index (χ4n) is 1.50. The minimum Gasteiger partial charge on any atom is -0.382 e. The first-order valence-electron chi connectivity index (χ1n) is 5.50. The fraction of sp³-hybridized carbons (Fsp3) is 0.273. The molecule has 0 fully saturated rings. The second-order valence-corrected chi connectivity index (χ2v) is 4.04. The molecular formula is C11H14N6O. The topological polar surface area (TPSA) is 98.7 Å². The van der Waals surface area contributed by atoms with Gasteiger partial charge in [-0.05, 0) is 13.8 Å². The number of nitrogens with zero attached hydrogens (tertiary/aromatic N) is 4. The number of carbonyl (C=O) groups excluding carboxylic acids is 1. The van der Waals surface area contributed by atoms with Crippen LogP contribution >= 0.6 is 0 Å². The average Bonchev–Trinajstić information content (AvgIpc) is 2.77. The molecule has 2 rings (SSSR count). The van der Waals surface area contributed by atoms with E-state index in [-0.39, 0.29) is 23.5 Å². The normalized spacial score (nSPS) is 10.6. The molecule has 0 saturated carbocycles. The van der Waals surface area contributed by atoms with Crippen molar-refractivity contribution >= 4 is 17.5 Å². The number of rotatable bonds is 3. The molecule has 0 unspecified atom stereocenters. The van der Waals surface area contributed by atoms with Crippen molar-refractivity contribution in [1.82, 2.24) is 19.7 Å². The predicted octanol–water partition coefficient (Wildman–Crippen LogP) is 1.09. The molecule has 2 heterocycles. The summed E-state index contributed by atoms with van der Waals surface area (Å²) < 4.78 is 1.71. The third-order valence-corrected chi connectivity index (χ3v) is 2.29. The van der Waals surface area contributed by atoms with E-state index in [1.165, 1.54) is 12.4 Å². The van der Waals surface area contributed by atoms with Gasteiger partial charge in [-0.1, -0.05) is 0 Å². The molecule has 94 valence electrons. The van der Waals surface area contributed by atoms with Crippen LogP contribution in [0.25, 0.3) is 0 Å². The summed E-state index contributed by atoms with van der Waals surface area (Å²) in [5, 5.41) is 6.84. The van der Waals surface area contributed by atoms with Gasteiger partial charge in [0.2, 0.25) is 0 Å². The van der Waals surface area contributed by atoms with Gasteiger partial charge in [0.1, 0.15) is 17.3 Å². The van der Waals surface area contributed by atoms with Crippen molar-refractivity contribution in [3.05, 3.63) is 30.4 Å². The van der Waals surface area contributed by atoms with Crippen LogP contribution in [0.5, 0.6) is 0 Å². The van der Waals surface area contributed by atoms with Crippen LogP contribution in [-0.2, 0) is 0 Å². The van der Waals surface area contributed by atoms with Crippen LogP contribution in [0.15, 0.2) is 24.7 Å². The van der Waals surface area contributed by atoms with Gasteiger partial charge < -0.3 is 11.1 Å². The summed E-state index contributed by atoms with van der Waals surface area (Å²) in [4.78, 5) is 19.7. The van der Waals surface area contributed by atoms with Crippen LogP contribution in [0.1, 0.15) is 30.4 Å². The zero-order chi connectivity index (χ0) is 13.1. The van der Waals surface area contributed by atoms with Gasteiger partial charge >= 0.3 is 0 Å². The summed E-state index contributed by atoms with van der Waals surface area (Å²) in [5.41, 5.74) is 5.65. The predicted molar refractivity (Wildman–Crippen MR) is 67.0 cm³/mol. The Bertz CT molecular complexity index is 562. The molecule has 0 aromatic carbocycles. The molecule has 7 heteroatoms. The van der Waals surface area contributed by atoms with Gasteiger partial charge in [-0.25, -0.2) is 9.67 Å². The first-order chi connectivity index (χ1) is 8.58. The molecule has 0 atom stereocenters. The van der Waals surface area contributed by atoms with E-state index in [1.807, 2.05) is 13.8 Å². The lowest BCUT2D eigenvalue weighted by molar-refractivity contribution is 0.102. The summed E-state index contributed by atoms with van der Waals surface area (Å²) >= 11 is 0. The van der Waals surface area contributed by atoms with E-state index in [9.17, 15) is 4.79 Å². The van der Waals surface area contributed by atoms with Crippen LogP contribution < -0.4 is 11.1 Å². The Morgan fingerprint density at radius 1 is 1.44 bits per heavy atom. The highest BCUT2D eigenvalue weighted by Crippen LogP contribution is 2.13. The van der Waals surface area contributed by atoms with Crippen LogP contribution in [0, 0.1) is 0 Å². The molecule has 0 aliphatic heterocycles. The van der Waals surface area contributed by atoms with Gasteiger partial charge in [-0.2, -0.15) is 5.10 Å². The van der Waals surface area contributed by atoms with E-state index < -0.39 is 0 Å². The second-order valence-electron chi connectivity index (χ2n) is 4.04. The zero-order valence-corrected chi connectivity index (χ0v) is 10.2. The van der Waals surface area contributed by atoms with E-state index in [1.54, 1.807) is 16.9 Å². The third-order valence-electron chi connectivity index (χ3n) is 2.29. The third kappa shape index (κ3) is 2.45. The average molecular weight is 246 g/mol. The van der Waals surface area contributed by atoms with E-state index >= 15 is 0 Å². The lowest BCUT2D eigenvalue weighted by Crippen LogP contribution is -2.18. The van der Waals surface area contributed by atoms with Crippen molar-refractivity contribution in [3.63, 3.8) is 0 Å². The number of hydrogen-bond donors (Lipinski definition) is 2. The molecule has 7 nitrogen and oxygen atoms in total. The molecule has 0 aliphatic carbocycles. The maximum absolute atomic E-state index is 11.9. The number of aromatic nitrogens is 4. The highest BCUT2D eigenvalue weighted by molar-refractivity contribution is 6.02. The molecule has 2 aromatic rings. The number of anilines is 2. The Balaban J connectivity index is 2.19. The van der Waals surface area contributed by atoms with Gasteiger partial charge in [-0.15, -0.1) is 0 Å². The molecule has 0 aliphatic rings. The minimum atomic E-state index is -0.364. The van der Waals surface area contributed by atoms with Gasteiger partial charge in [0, 0.05) is 12.1 Å². The molecule has 18 heavy (non-hydrogen) atoms. The Kier molecular flexibility index (Phi) is 3.22. The number of carbonyl (C=O) groups is 1. The van der Waals surface area contributed by atoms with Crippen LogP contribution in [0.3, 0.4) is 0 Å². The van der Waals surface area contributed by atoms with Crippen molar-refractivity contribution < 1.29 is 4.79 Å². The summed E-state index contributed by atoms with van der Waals surface area (Å²) in [6, 6.07) is 1.87. The monoisotopic (exact) mass is 246 g/mol. The molecule has 1 amide bonds. The lowest BCUT2D eigenvalue weighted by Gasteiger charge is -2.11. The SMILES string of the molecule is CC(C)n1nccc1NC(=O)c1cncc(N)n1. The highest BCUT2D eigenvalue weighted by Gasteiger charge is 2.12. The lowest BCUT2D eigenvalue weighted by atomic mass is 10.4. The van der Waals surface area contributed by atoms with E-state index in [0.29, 0.717) is 5.82 Å².